The molecule has 0 spiro atoms. The zero-order valence-corrected chi connectivity index (χ0v) is 12.7. The standard InChI is InChI=1S/C16H16ClN3O/c1-3-16(4-2,10-18)20-15(21)13-9-11-7-5-6-8-12(11)14(17)19-13/h5-9H,3-4H2,1-2H3,(H,20,21). The van der Waals surface area contributed by atoms with Gasteiger partial charge >= 0.3 is 0 Å². The fourth-order valence-electron chi connectivity index (χ4n) is 2.17. The summed E-state index contributed by atoms with van der Waals surface area (Å²) in [6.45, 7) is 3.74. The van der Waals surface area contributed by atoms with E-state index in [1.54, 1.807) is 6.07 Å². The van der Waals surface area contributed by atoms with Gasteiger partial charge in [0.15, 0.2) is 0 Å². The van der Waals surface area contributed by atoms with Gasteiger partial charge in [-0.15, -0.1) is 0 Å². The largest absolute Gasteiger partial charge is 0.332 e. The summed E-state index contributed by atoms with van der Waals surface area (Å²) < 4.78 is 0. The molecular weight excluding hydrogens is 286 g/mol. The molecule has 0 radical (unpaired) electrons. The lowest BCUT2D eigenvalue weighted by atomic mass is 9.94. The molecule has 1 aromatic carbocycles. The Kier molecular flexibility index (Phi) is 4.44. The van der Waals surface area contributed by atoms with Crippen molar-refractivity contribution in [2.45, 2.75) is 32.2 Å². The van der Waals surface area contributed by atoms with E-state index in [-0.39, 0.29) is 16.8 Å². The van der Waals surface area contributed by atoms with Crippen LogP contribution < -0.4 is 5.32 Å². The van der Waals surface area contributed by atoms with Crippen LogP contribution in [0.15, 0.2) is 30.3 Å². The second-order valence-electron chi connectivity index (χ2n) is 4.87. The third-order valence-electron chi connectivity index (χ3n) is 3.70. The van der Waals surface area contributed by atoms with E-state index in [1.165, 1.54) is 0 Å². The zero-order chi connectivity index (χ0) is 15.5. The Labute approximate surface area is 128 Å². The molecule has 4 nitrogen and oxygen atoms in total. The smallest absolute Gasteiger partial charge is 0.271 e. The molecule has 1 heterocycles. The number of nitrogens with zero attached hydrogens (tertiary/aromatic N) is 2. The number of pyridine rings is 1. The van der Waals surface area contributed by atoms with E-state index in [1.807, 2.05) is 38.1 Å². The number of halogens is 1. The summed E-state index contributed by atoms with van der Waals surface area (Å²) in [4.78, 5) is 16.5. The van der Waals surface area contributed by atoms with Gasteiger partial charge < -0.3 is 5.32 Å². The Balaban J connectivity index is 2.38. The molecule has 0 bridgehead atoms. The predicted molar refractivity (Wildman–Crippen MR) is 83.1 cm³/mol. The van der Waals surface area contributed by atoms with Crippen molar-refractivity contribution >= 4 is 28.3 Å². The number of nitriles is 1. The Hall–Kier alpha value is -2.12. The van der Waals surface area contributed by atoms with Crippen LogP contribution in [0.4, 0.5) is 0 Å². The molecule has 0 aliphatic carbocycles. The summed E-state index contributed by atoms with van der Waals surface area (Å²) in [5.41, 5.74) is -0.642. The minimum atomic E-state index is -0.864. The van der Waals surface area contributed by atoms with Crippen LogP contribution >= 0.6 is 11.6 Å². The van der Waals surface area contributed by atoms with Gasteiger partial charge in [-0.1, -0.05) is 49.7 Å². The van der Waals surface area contributed by atoms with Crippen LogP contribution in [0.2, 0.25) is 5.15 Å². The van der Waals surface area contributed by atoms with E-state index in [4.69, 9.17) is 11.6 Å². The molecule has 5 heteroatoms. The monoisotopic (exact) mass is 301 g/mol. The Morgan fingerprint density at radius 3 is 2.67 bits per heavy atom. The Morgan fingerprint density at radius 2 is 2.05 bits per heavy atom. The maximum absolute atomic E-state index is 12.3. The zero-order valence-electron chi connectivity index (χ0n) is 12.0. The van der Waals surface area contributed by atoms with Gasteiger partial charge in [-0.05, 0) is 24.3 Å². The fourth-order valence-corrected chi connectivity index (χ4v) is 2.43. The Morgan fingerprint density at radius 1 is 1.38 bits per heavy atom. The summed E-state index contributed by atoms with van der Waals surface area (Å²) in [5, 5.41) is 14.0. The van der Waals surface area contributed by atoms with Crippen LogP contribution in [0.25, 0.3) is 10.8 Å². The number of amides is 1. The number of aromatic nitrogens is 1. The normalized spacial score (nSPS) is 11.1. The van der Waals surface area contributed by atoms with Gasteiger partial charge in [0.2, 0.25) is 0 Å². The van der Waals surface area contributed by atoms with Crippen molar-refractivity contribution in [1.82, 2.24) is 10.3 Å². The molecular formula is C16H16ClN3O. The van der Waals surface area contributed by atoms with E-state index in [2.05, 4.69) is 16.4 Å². The maximum atomic E-state index is 12.3. The minimum Gasteiger partial charge on any atom is -0.332 e. The van der Waals surface area contributed by atoms with Crippen LogP contribution in [0.5, 0.6) is 0 Å². The number of nitrogens with one attached hydrogen (secondary N) is 1. The molecule has 21 heavy (non-hydrogen) atoms. The first-order valence-electron chi connectivity index (χ1n) is 6.84. The fraction of sp³-hybridized carbons (Fsp3) is 0.312. The summed E-state index contributed by atoms with van der Waals surface area (Å²) in [6.07, 6.45) is 1.07. The van der Waals surface area contributed by atoms with Crippen LogP contribution in [0.3, 0.4) is 0 Å². The van der Waals surface area contributed by atoms with E-state index in [0.29, 0.717) is 12.8 Å². The molecule has 0 fully saturated rings. The molecule has 2 aromatic rings. The number of benzene rings is 1. The van der Waals surface area contributed by atoms with E-state index in [9.17, 15) is 10.1 Å². The second-order valence-corrected chi connectivity index (χ2v) is 5.23. The molecule has 0 saturated heterocycles. The van der Waals surface area contributed by atoms with Crippen LogP contribution in [0.1, 0.15) is 37.2 Å². The lowest BCUT2D eigenvalue weighted by molar-refractivity contribution is 0.0910. The lowest BCUT2D eigenvalue weighted by Crippen LogP contribution is -2.46. The molecule has 0 atom stereocenters. The highest BCUT2D eigenvalue weighted by Crippen LogP contribution is 2.23. The Bertz CT molecular complexity index is 717. The van der Waals surface area contributed by atoms with Crippen molar-refractivity contribution in [3.05, 3.63) is 41.2 Å². The van der Waals surface area contributed by atoms with Crippen molar-refractivity contribution in [1.29, 1.82) is 5.26 Å². The van der Waals surface area contributed by atoms with E-state index in [0.717, 1.165) is 10.8 Å². The first kappa shape index (κ1) is 15.3. The molecule has 0 unspecified atom stereocenters. The average Bonchev–Trinajstić information content (AvgIpc) is 2.52. The van der Waals surface area contributed by atoms with E-state index >= 15 is 0 Å². The molecule has 1 amide bonds. The topological polar surface area (TPSA) is 65.8 Å². The third-order valence-corrected chi connectivity index (χ3v) is 3.99. The second kappa shape index (κ2) is 6.11. The quantitative estimate of drug-likeness (QED) is 0.876. The number of carbonyl (C=O) groups is 1. The van der Waals surface area contributed by atoms with Gasteiger partial charge in [0.05, 0.1) is 6.07 Å². The van der Waals surface area contributed by atoms with Gasteiger partial charge in [-0.25, -0.2) is 4.98 Å². The molecule has 0 aliphatic heterocycles. The summed E-state index contributed by atoms with van der Waals surface area (Å²) >= 11 is 6.12. The maximum Gasteiger partial charge on any atom is 0.271 e. The van der Waals surface area contributed by atoms with Crippen LogP contribution in [-0.4, -0.2) is 16.4 Å². The number of rotatable bonds is 4. The van der Waals surface area contributed by atoms with Crippen LogP contribution in [-0.2, 0) is 0 Å². The minimum absolute atomic E-state index is 0.222. The SMILES string of the molecule is CCC(C#N)(CC)NC(=O)c1cc2ccccc2c(Cl)n1. The van der Waals surface area contributed by atoms with Crippen molar-refractivity contribution in [2.75, 3.05) is 0 Å². The molecule has 0 aliphatic rings. The first-order valence-corrected chi connectivity index (χ1v) is 7.22. The van der Waals surface area contributed by atoms with Crippen molar-refractivity contribution in [3.8, 4) is 6.07 Å². The molecule has 1 aromatic heterocycles. The molecule has 2 rings (SSSR count). The number of hydrogen-bond donors (Lipinski definition) is 1. The highest BCUT2D eigenvalue weighted by Gasteiger charge is 2.28. The number of hydrogen-bond acceptors (Lipinski definition) is 3. The summed E-state index contributed by atoms with van der Waals surface area (Å²) in [7, 11) is 0. The van der Waals surface area contributed by atoms with Gasteiger partial charge in [0.25, 0.3) is 5.91 Å². The van der Waals surface area contributed by atoms with Gasteiger partial charge in [0.1, 0.15) is 16.4 Å². The van der Waals surface area contributed by atoms with Crippen LogP contribution in [0, 0.1) is 11.3 Å². The molecule has 0 saturated carbocycles. The lowest BCUT2D eigenvalue weighted by Gasteiger charge is -2.24. The highest BCUT2D eigenvalue weighted by molar-refractivity contribution is 6.34. The summed E-state index contributed by atoms with van der Waals surface area (Å²) in [5.74, 6) is -0.382. The van der Waals surface area contributed by atoms with Gasteiger partial charge in [-0.2, -0.15) is 5.26 Å². The highest BCUT2D eigenvalue weighted by atomic mass is 35.5. The van der Waals surface area contributed by atoms with Crippen molar-refractivity contribution in [3.63, 3.8) is 0 Å². The van der Waals surface area contributed by atoms with E-state index < -0.39 is 5.54 Å². The van der Waals surface area contributed by atoms with Crippen molar-refractivity contribution in [2.24, 2.45) is 0 Å². The van der Waals surface area contributed by atoms with Gasteiger partial charge in [-0.3, -0.25) is 4.79 Å². The first-order chi connectivity index (χ1) is 10.0. The molecule has 1 N–H and O–H groups in total. The summed E-state index contributed by atoms with van der Waals surface area (Å²) in [6, 6.07) is 11.3. The van der Waals surface area contributed by atoms with Gasteiger partial charge in [0, 0.05) is 5.39 Å². The predicted octanol–water partition coefficient (Wildman–Crippen LogP) is 3.70. The average molecular weight is 302 g/mol. The number of carbonyl (C=O) groups excluding carboxylic acids is 1. The third kappa shape index (κ3) is 2.98. The van der Waals surface area contributed by atoms with Crippen molar-refractivity contribution < 1.29 is 4.79 Å². The number of fused-ring (bicyclic) bond motifs is 1. The molecule has 108 valence electrons.